The average molecular weight is 271 g/mol. The summed E-state index contributed by atoms with van der Waals surface area (Å²) in [6.45, 7) is 2.19. The second-order valence-electron chi connectivity index (χ2n) is 5.54. The van der Waals surface area contributed by atoms with E-state index in [1.807, 2.05) is 0 Å². The highest BCUT2D eigenvalue weighted by molar-refractivity contribution is 6.04. The summed E-state index contributed by atoms with van der Waals surface area (Å²) >= 11 is 0. The molecule has 1 aliphatic carbocycles. The minimum absolute atomic E-state index is 0.212. The smallest absolute Gasteiger partial charge is 0.272 e. The number of amides is 1. The maximum atomic E-state index is 12.3. The van der Waals surface area contributed by atoms with Crippen molar-refractivity contribution in [2.24, 2.45) is 5.92 Å². The molecule has 1 saturated carbocycles. The molecule has 0 aliphatic heterocycles. The van der Waals surface area contributed by atoms with E-state index in [0.717, 1.165) is 19.3 Å². The lowest BCUT2D eigenvalue weighted by Gasteiger charge is -2.12. The quantitative estimate of drug-likeness (QED) is 0.875. The minimum atomic E-state index is -0.272. The summed E-state index contributed by atoms with van der Waals surface area (Å²) in [4.78, 5) is 24.0. The molecular weight excluding hydrogens is 254 g/mol. The van der Waals surface area contributed by atoms with Gasteiger partial charge in [0, 0.05) is 11.4 Å². The SMILES string of the molecule is CC1CCC(NC(=O)c2n[nH]c(=O)c3ccccc23)C1. The number of aromatic nitrogens is 2. The van der Waals surface area contributed by atoms with Crippen molar-refractivity contribution in [2.45, 2.75) is 32.2 Å². The van der Waals surface area contributed by atoms with Crippen molar-refractivity contribution in [3.05, 3.63) is 40.3 Å². The molecule has 20 heavy (non-hydrogen) atoms. The molecule has 0 spiro atoms. The number of nitrogens with zero attached hydrogens (tertiary/aromatic N) is 1. The number of hydrogen-bond donors (Lipinski definition) is 2. The summed E-state index contributed by atoms with van der Waals surface area (Å²) in [6.07, 6.45) is 3.16. The first kappa shape index (κ1) is 12.8. The fourth-order valence-electron chi connectivity index (χ4n) is 2.88. The maximum absolute atomic E-state index is 12.3. The number of nitrogens with one attached hydrogen (secondary N) is 2. The molecule has 1 aliphatic rings. The van der Waals surface area contributed by atoms with Gasteiger partial charge in [-0.3, -0.25) is 9.59 Å². The largest absolute Gasteiger partial charge is 0.348 e. The van der Waals surface area contributed by atoms with E-state index in [2.05, 4.69) is 22.4 Å². The number of benzene rings is 1. The minimum Gasteiger partial charge on any atom is -0.348 e. The van der Waals surface area contributed by atoms with Crippen molar-refractivity contribution in [1.29, 1.82) is 0 Å². The van der Waals surface area contributed by atoms with Gasteiger partial charge in [0.2, 0.25) is 0 Å². The van der Waals surface area contributed by atoms with Crippen LogP contribution in [-0.4, -0.2) is 22.1 Å². The lowest BCUT2D eigenvalue weighted by atomic mass is 10.1. The van der Waals surface area contributed by atoms with Gasteiger partial charge in [0.1, 0.15) is 0 Å². The van der Waals surface area contributed by atoms with Crippen LogP contribution in [0.4, 0.5) is 0 Å². The van der Waals surface area contributed by atoms with Crippen molar-refractivity contribution >= 4 is 16.7 Å². The van der Waals surface area contributed by atoms with Crippen LogP contribution in [0.5, 0.6) is 0 Å². The summed E-state index contributed by atoms with van der Waals surface area (Å²) in [5, 5.41) is 10.4. The summed E-state index contributed by atoms with van der Waals surface area (Å²) in [5.74, 6) is 0.442. The standard InChI is InChI=1S/C15H17N3O2/c1-9-6-7-10(8-9)16-15(20)13-11-4-2-3-5-12(11)14(19)18-17-13/h2-5,9-10H,6-8H2,1H3,(H,16,20)(H,18,19). The molecule has 1 fully saturated rings. The Morgan fingerprint density at radius 1 is 1.30 bits per heavy atom. The van der Waals surface area contributed by atoms with Gasteiger partial charge in [-0.25, -0.2) is 5.10 Å². The van der Waals surface area contributed by atoms with Gasteiger partial charge >= 0.3 is 0 Å². The van der Waals surface area contributed by atoms with Gasteiger partial charge in [-0.1, -0.05) is 25.1 Å². The van der Waals surface area contributed by atoms with Crippen LogP contribution in [-0.2, 0) is 0 Å². The van der Waals surface area contributed by atoms with Crippen LogP contribution in [0.2, 0.25) is 0 Å². The van der Waals surface area contributed by atoms with Gasteiger partial charge in [0.15, 0.2) is 5.69 Å². The third kappa shape index (κ3) is 2.31. The van der Waals surface area contributed by atoms with E-state index in [4.69, 9.17) is 0 Å². The van der Waals surface area contributed by atoms with Crippen molar-refractivity contribution in [3.63, 3.8) is 0 Å². The highest BCUT2D eigenvalue weighted by Gasteiger charge is 2.24. The topological polar surface area (TPSA) is 74.8 Å². The molecule has 5 heteroatoms. The number of fused-ring (bicyclic) bond motifs is 1. The van der Waals surface area contributed by atoms with Crippen LogP contribution in [0.1, 0.15) is 36.7 Å². The Morgan fingerprint density at radius 2 is 2.05 bits per heavy atom. The van der Waals surface area contributed by atoms with Crippen LogP contribution >= 0.6 is 0 Å². The number of rotatable bonds is 2. The summed E-state index contributed by atoms with van der Waals surface area (Å²) in [7, 11) is 0. The van der Waals surface area contributed by atoms with Gasteiger partial charge in [-0.15, -0.1) is 0 Å². The monoisotopic (exact) mass is 271 g/mol. The molecule has 5 nitrogen and oxygen atoms in total. The molecule has 3 rings (SSSR count). The second kappa shape index (κ2) is 5.07. The Bertz CT molecular complexity index is 708. The molecule has 1 amide bonds. The number of carbonyl (C=O) groups is 1. The van der Waals surface area contributed by atoms with Gasteiger partial charge < -0.3 is 5.32 Å². The summed E-state index contributed by atoms with van der Waals surface area (Å²) in [6, 6.07) is 7.24. The molecule has 1 aromatic carbocycles. The van der Waals surface area contributed by atoms with Crippen LogP contribution in [0.15, 0.2) is 29.1 Å². The van der Waals surface area contributed by atoms with Gasteiger partial charge in [0.05, 0.1) is 5.39 Å². The Morgan fingerprint density at radius 3 is 2.75 bits per heavy atom. The number of aromatic amines is 1. The van der Waals surface area contributed by atoms with Gasteiger partial charge in [-0.2, -0.15) is 5.10 Å². The Hall–Kier alpha value is -2.17. The molecule has 0 saturated heterocycles. The number of hydrogen-bond acceptors (Lipinski definition) is 3. The average Bonchev–Trinajstić information content (AvgIpc) is 2.84. The normalized spacial score (nSPS) is 22.1. The van der Waals surface area contributed by atoms with E-state index in [9.17, 15) is 9.59 Å². The molecule has 2 N–H and O–H groups in total. The van der Waals surface area contributed by atoms with Crippen LogP contribution in [0.3, 0.4) is 0 Å². The third-order valence-electron chi connectivity index (χ3n) is 3.94. The Labute approximate surface area is 116 Å². The molecule has 1 aromatic heterocycles. The highest BCUT2D eigenvalue weighted by Crippen LogP contribution is 2.25. The molecule has 1 heterocycles. The van der Waals surface area contributed by atoms with Crippen molar-refractivity contribution in [2.75, 3.05) is 0 Å². The fourth-order valence-corrected chi connectivity index (χ4v) is 2.88. The Kier molecular flexibility index (Phi) is 3.26. The van der Waals surface area contributed by atoms with Crippen molar-refractivity contribution in [3.8, 4) is 0 Å². The van der Waals surface area contributed by atoms with E-state index < -0.39 is 0 Å². The number of carbonyl (C=O) groups excluding carboxylic acids is 1. The van der Waals surface area contributed by atoms with E-state index in [1.165, 1.54) is 0 Å². The molecule has 0 bridgehead atoms. The van der Waals surface area contributed by atoms with Crippen LogP contribution in [0.25, 0.3) is 10.8 Å². The van der Waals surface area contributed by atoms with E-state index in [-0.39, 0.29) is 17.5 Å². The molecule has 2 unspecified atom stereocenters. The Balaban J connectivity index is 1.92. The van der Waals surface area contributed by atoms with E-state index >= 15 is 0 Å². The van der Waals surface area contributed by atoms with Crippen molar-refractivity contribution in [1.82, 2.24) is 15.5 Å². The first-order chi connectivity index (χ1) is 9.65. The highest BCUT2D eigenvalue weighted by atomic mass is 16.2. The fraction of sp³-hybridized carbons (Fsp3) is 0.400. The molecule has 2 aromatic rings. The lowest BCUT2D eigenvalue weighted by Crippen LogP contribution is -2.34. The van der Waals surface area contributed by atoms with Gasteiger partial charge in [0.25, 0.3) is 11.5 Å². The molecule has 104 valence electrons. The predicted octanol–water partition coefficient (Wildman–Crippen LogP) is 1.84. The zero-order valence-corrected chi connectivity index (χ0v) is 11.3. The first-order valence-corrected chi connectivity index (χ1v) is 6.93. The van der Waals surface area contributed by atoms with Crippen molar-refractivity contribution < 1.29 is 4.79 Å². The molecule has 0 radical (unpaired) electrons. The summed E-state index contributed by atoms with van der Waals surface area (Å²) in [5.41, 5.74) is 0.0198. The second-order valence-corrected chi connectivity index (χ2v) is 5.54. The third-order valence-corrected chi connectivity index (χ3v) is 3.94. The maximum Gasteiger partial charge on any atom is 0.272 e. The molecular formula is C15H17N3O2. The first-order valence-electron chi connectivity index (χ1n) is 6.93. The van der Waals surface area contributed by atoms with Crippen LogP contribution in [0, 0.1) is 5.92 Å². The summed E-state index contributed by atoms with van der Waals surface area (Å²) < 4.78 is 0. The van der Waals surface area contributed by atoms with E-state index in [0.29, 0.717) is 22.4 Å². The zero-order chi connectivity index (χ0) is 14.1. The zero-order valence-electron chi connectivity index (χ0n) is 11.3. The van der Waals surface area contributed by atoms with Gasteiger partial charge in [-0.05, 0) is 31.2 Å². The lowest BCUT2D eigenvalue weighted by molar-refractivity contribution is 0.0933. The van der Waals surface area contributed by atoms with E-state index in [1.54, 1.807) is 24.3 Å². The predicted molar refractivity (Wildman–Crippen MR) is 76.6 cm³/mol. The number of H-pyrrole nitrogens is 1. The van der Waals surface area contributed by atoms with Crippen LogP contribution < -0.4 is 10.9 Å². The molecule has 2 atom stereocenters.